The maximum Gasteiger partial charge on any atom is 0.137 e. The molecule has 0 saturated heterocycles. The summed E-state index contributed by atoms with van der Waals surface area (Å²) in [6, 6.07) is 64.4. The molecular weight excluding hydrogens is 647 g/mol. The maximum atomic E-state index is 11.0. The molecule has 0 radical (unpaired) electrons. The molecular formula is C49H39N3O. The van der Waals surface area contributed by atoms with E-state index in [4.69, 9.17) is 9.97 Å². The number of hydrogen-bond donors (Lipinski definition) is 1. The molecule has 2 heterocycles. The van der Waals surface area contributed by atoms with Gasteiger partial charge in [0.2, 0.25) is 0 Å². The van der Waals surface area contributed by atoms with E-state index >= 15 is 0 Å². The summed E-state index contributed by atoms with van der Waals surface area (Å²) in [5.41, 5.74) is 11.6. The van der Waals surface area contributed by atoms with Gasteiger partial charge in [-0.2, -0.15) is 0 Å². The largest absolute Gasteiger partial charge is 0.507 e. The quantitative estimate of drug-likeness (QED) is 0.164. The minimum absolute atomic E-state index is 0.156. The lowest BCUT2D eigenvalue weighted by Crippen LogP contribution is -2.18. The van der Waals surface area contributed by atoms with E-state index in [0.29, 0.717) is 11.3 Å². The smallest absolute Gasteiger partial charge is 0.137 e. The van der Waals surface area contributed by atoms with Gasteiger partial charge in [-0.15, -0.1) is 0 Å². The number of anilines is 3. The van der Waals surface area contributed by atoms with Crippen LogP contribution < -0.4 is 4.90 Å². The van der Waals surface area contributed by atoms with Crippen LogP contribution in [0.15, 0.2) is 194 Å². The summed E-state index contributed by atoms with van der Waals surface area (Å²) in [6.07, 6.45) is 1.82. The summed E-state index contributed by atoms with van der Waals surface area (Å²) in [6.45, 7) is 4.53. The van der Waals surface area contributed by atoms with Crippen LogP contribution in [-0.2, 0) is 5.41 Å². The number of phenols is 1. The molecule has 1 N–H and O–H groups in total. The number of phenolic OH excluding ortho intramolecular Hbond substituents is 1. The topological polar surface area (TPSA) is 49.2 Å². The molecule has 4 heteroatoms. The first-order valence-electron chi connectivity index (χ1n) is 17.9. The molecule has 0 aliphatic carbocycles. The zero-order chi connectivity index (χ0) is 36.2. The van der Waals surface area contributed by atoms with E-state index < -0.39 is 0 Å². The van der Waals surface area contributed by atoms with Gasteiger partial charge in [0.15, 0.2) is 0 Å². The summed E-state index contributed by atoms with van der Waals surface area (Å²) >= 11 is 0. The number of rotatable bonds is 9. The number of aromatic nitrogens is 2. The second kappa shape index (κ2) is 14.5. The molecule has 0 aliphatic heterocycles. The molecule has 0 fully saturated rings. The van der Waals surface area contributed by atoms with E-state index in [1.807, 2.05) is 66.9 Å². The van der Waals surface area contributed by atoms with Gasteiger partial charge in [-0.3, -0.25) is 4.90 Å². The number of benzene rings is 6. The summed E-state index contributed by atoms with van der Waals surface area (Å²) in [5.74, 6) is 0.997. The highest BCUT2D eigenvalue weighted by Crippen LogP contribution is 2.41. The highest BCUT2D eigenvalue weighted by molar-refractivity contribution is 5.85. The molecule has 8 aromatic rings. The second-order valence-corrected chi connectivity index (χ2v) is 13.7. The van der Waals surface area contributed by atoms with Crippen LogP contribution in [-0.4, -0.2) is 15.1 Å². The zero-order valence-corrected chi connectivity index (χ0v) is 29.8. The Bertz CT molecular complexity index is 2420. The molecule has 0 amide bonds. The third-order valence-corrected chi connectivity index (χ3v) is 9.91. The van der Waals surface area contributed by atoms with Crippen molar-refractivity contribution in [1.82, 2.24) is 9.97 Å². The van der Waals surface area contributed by atoms with Crippen LogP contribution in [0.1, 0.15) is 25.0 Å². The maximum absolute atomic E-state index is 11.0. The van der Waals surface area contributed by atoms with Gasteiger partial charge in [0.1, 0.15) is 11.6 Å². The van der Waals surface area contributed by atoms with Crippen molar-refractivity contribution in [3.8, 4) is 50.5 Å². The number of nitrogens with zero attached hydrogens (tertiary/aromatic N) is 3. The summed E-state index contributed by atoms with van der Waals surface area (Å²) in [4.78, 5) is 12.2. The molecule has 8 rings (SSSR count). The van der Waals surface area contributed by atoms with Crippen LogP contribution in [0.2, 0.25) is 0 Å². The summed E-state index contributed by atoms with van der Waals surface area (Å²) in [5, 5.41) is 11.0. The van der Waals surface area contributed by atoms with E-state index in [-0.39, 0.29) is 11.2 Å². The Labute approximate surface area is 311 Å². The first-order chi connectivity index (χ1) is 25.9. The van der Waals surface area contributed by atoms with Crippen molar-refractivity contribution in [2.75, 3.05) is 4.90 Å². The third kappa shape index (κ3) is 6.95. The van der Waals surface area contributed by atoms with Crippen molar-refractivity contribution in [2.24, 2.45) is 0 Å². The fourth-order valence-electron chi connectivity index (χ4n) is 6.94. The molecule has 0 unspecified atom stereocenters. The van der Waals surface area contributed by atoms with Crippen molar-refractivity contribution in [2.45, 2.75) is 19.3 Å². The Kier molecular flexibility index (Phi) is 9.10. The van der Waals surface area contributed by atoms with Crippen LogP contribution in [0.25, 0.3) is 44.8 Å². The fraction of sp³-hybridized carbons (Fsp3) is 0.0612. The first kappa shape index (κ1) is 33.4. The molecule has 6 aromatic carbocycles. The van der Waals surface area contributed by atoms with Crippen molar-refractivity contribution in [1.29, 1.82) is 0 Å². The predicted molar refractivity (Wildman–Crippen MR) is 219 cm³/mol. The van der Waals surface area contributed by atoms with E-state index in [9.17, 15) is 5.11 Å². The lowest BCUT2D eigenvalue weighted by molar-refractivity contribution is 0.477. The Morgan fingerprint density at radius 3 is 1.72 bits per heavy atom. The van der Waals surface area contributed by atoms with Gasteiger partial charge in [-0.25, -0.2) is 9.97 Å². The van der Waals surface area contributed by atoms with Crippen LogP contribution in [0.3, 0.4) is 0 Å². The van der Waals surface area contributed by atoms with Gasteiger partial charge in [0, 0.05) is 34.1 Å². The van der Waals surface area contributed by atoms with Crippen LogP contribution in [0.5, 0.6) is 5.75 Å². The van der Waals surface area contributed by atoms with E-state index in [1.165, 1.54) is 11.1 Å². The Morgan fingerprint density at radius 2 is 1.02 bits per heavy atom. The molecule has 0 aliphatic rings. The number of hydrogen-bond acceptors (Lipinski definition) is 4. The van der Waals surface area contributed by atoms with Gasteiger partial charge in [0.25, 0.3) is 0 Å². The molecule has 0 bridgehead atoms. The average Bonchev–Trinajstić information content (AvgIpc) is 3.22. The van der Waals surface area contributed by atoms with Gasteiger partial charge >= 0.3 is 0 Å². The minimum atomic E-state index is -0.156. The van der Waals surface area contributed by atoms with Crippen LogP contribution >= 0.6 is 0 Å². The molecule has 4 nitrogen and oxygen atoms in total. The van der Waals surface area contributed by atoms with E-state index in [0.717, 1.165) is 50.7 Å². The third-order valence-electron chi connectivity index (χ3n) is 9.91. The van der Waals surface area contributed by atoms with Crippen molar-refractivity contribution in [3.63, 3.8) is 0 Å². The Balaban J connectivity index is 1.32. The van der Waals surface area contributed by atoms with Gasteiger partial charge in [0.05, 0.1) is 11.4 Å². The van der Waals surface area contributed by atoms with Crippen LogP contribution in [0.4, 0.5) is 17.2 Å². The van der Waals surface area contributed by atoms with Crippen LogP contribution in [0, 0.1) is 0 Å². The molecule has 256 valence electrons. The number of para-hydroxylation sites is 2. The fourth-order valence-corrected chi connectivity index (χ4v) is 6.94. The van der Waals surface area contributed by atoms with Crippen molar-refractivity contribution in [3.05, 3.63) is 205 Å². The second-order valence-electron chi connectivity index (χ2n) is 13.7. The Hall–Kier alpha value is -6.78. The van der Waals surface area contributed by atoms with Gasteiger partial charge in [-0.05, 0) is 100 Å². The lowest BCUT2D eigenvalue weighted by Gasteiger charge is -2.26. The molecule has 0 spiro atoms. The first-order valence-corrected chi connectivity index (χ1v) is 17.9. The van der Waals surface area contributed by atoms with Gasteiger partial charge < -0.3 is 5.11 Å². The normalized spacial score (nSPS) is 11.3. The molecule has 2 aromatic heterocycles. The SMILES string of the molecule is CC(C)(c1ccccc1)c1ccc(-c2cc(-c3cc(-c4ccccc4)cc(N(c4ccccc4)c4ccccn4)c3)nc(-c3ccccc3O)c2)cc1. The number of aromatic hydroxyl groups is 1. The molecule has 0 saturated carbocycles. The number of pyridine rings is 2. The monoisotopic (exact) mass is 685 g/mol. The predicted octanol–water partition coefficient (Wildman–Crippen LogP) is 12.6. The minimum Gasteiger partial charge on any atom is -0.507 e. The zero-order valence-electron chi connectivity index (χ0n) is 29.8. The van der Waals surface area contributed by atoms with Crippen molar-refractivity contribution >= 4 is 17.2 Å². The lowest BCUT2D eigenvalue weighted by atomic mass is 9.78. The van der Waals surface area contributed by atoms with E-state index in [2.05, 4.69) is 140 Å². The summed E-state index contributed by atoms with van der Waals surface area (Å²) < 4.78 is 0. The highest BCUT2D eigenvalue weighted by atomic mass is 16.3. The summed E-state index contributed by atoms with van der Waals surface area (Å²) in [7, 11) is 0. The Morgan fingerprint density at radius 1 is 0.453 bits per heavy atom. The molecule has 53 heavy (non-hydrogen) atoms. The highest BCUT2D eigenvalue weighted by Gasteiger charge is 2.23. The van der Waals surface area contributed by atoms with E-state index in [1.54, 1.807) is 6.07 Å². The molecule has 0 atom stereocenters. The van der Waals surface area contributed by atoms with Gasteiger partial charge in [-0.1, -0.05) is 135 Å². The van der Waals surface area contributed by atoms with Crippen molar-refractivity contribution < 1.29 is 5.11 Å². The average molecular weight is 686 g/mol. The standard InChI is InChI=1S/C49H39N3O/c1-49(2,40-18-8-4-9-19-40)41-27-25-36(26-28-41)38-33-45(51-46(34-38)44-22-12-13-23-47(44)53)39-30-37(35-16-6-3-7-17-35)31-43(32-39)52(42-20-10-5-11-21-42)48-24-14-15-29-50-48/h3-34,53H,1-2H3.